The Morgan fingerprint density at radius 3 is 3.19 bits per heavy atom. The van der Waals surface area contributed by atoms with Gasteiger partial charge >= 0.3 is 0 Å². The maximum absolute atomic E-state index is 8.78. The predicted octanol–water partition coefficient (Wildman–Crippen LogP) is 0.984. The molecule has 1 aliphatic rings. The maximum Gasteiger partial charge on any atom is 0.165 e. The van der Waals surface area contributed by atoms with Gasteiger partial charge in [0.05, 0.1) is 12.3 Å². The lowest BCUT2D eigenvalue weighted by molar-refractivity contribution is 0.187. The molecule has 0 amide bonds. The van der Waals surface area contributed by atoms with Crippen molar-refractivity contribution in [2.24, 2.45) is 5.92 Å². The minimum atomic E-state index is 0.271. The molecular formula is C11H14N4O. The molecule has 2 rings (SSSR count). The van der Waals surface area contributed by atoms with Crippen molar-refractivity contribution in [2.45, 2.75) is 6.42 Å². The number of nitrogens with two attached hydrogens (primary N) is 1. The Balaban J connectivity index is 1.96. The molecule has 16 heavy (non-hydrogen) atoms. The molecule has 2 heterocycles. The summed E-state index contributed by atoms with van der Waals surface area (Å²) < 4.78 is 5.28. The van der Waals surface area contributed by atoms with Gasteiger partial charge in [0, 0.05) is 19.1 Å². The molecule has 0 spiro atoms. The van der Waals surface area contributed by atoms with Gasteiger partial charge in [0.25, 0.3) is 0 Å². The van der Waals surface area contributed by atoms with Gasteiger partial charge in [-0.1, -0.05) is 0 Å². The third-order valence-electron chi connectivity index (χ3n) is 2.63. The fourth-order valence-corrected chi connectivity index (χ4v) is 1.65. The highest BCUT2D eigenvalue weighted by Gasteiger charge is 2.15. The lowest BCUT2D eigenvalue weighted by Crippen LogP contribution is -2.15. The van der Waals surface area contributed by atoms with Crippen molar-refractivity contribution in [2.75, 3.05) is 30.8 Å². The number of nitrogen functional groups attached to an aromatic ring is 1. The van der Waals surface area contributed by atoms with Gasteiger partial charge in [-0.25, -0.2) is 4.98 Å². The third-order valence-corrected chi connectivity index (χ3v) is 2.63. The van der Waals surface area contributed by atoms with E-state index in [9.17, 15) is 0 Å². The highest BCUT2D eigenvalue weighted by molar-refractivity contribution is 5.54. The van der Waals surface area contributed by atoms with Crippen LogP contribution in [0.15, 0.2) is 12.1 Å². The summed E-state index contributed by atoms with van der Waals surface area (Å²) in [6, 6.07) is 5.44. The maximum atomic E-state index is 8.78. The summed E-state index contributed by atoms with van der Waals surface area (Å²) in [5, 5.41) is 12.0. The number of nitrogens with zero attached hydrogens (tertiary/aromatic N) is 2. The molecule has 3 N–H and O–H groups in total. The number of anilines is 2. The van der Waals surface area contributed by atoms with Gasteiger partial charge in [-0.15, -0.1) is 0 Å². The minimum absolute atomic E-state index is 0.271. The summed E-state index contributed by atoms with van der Waals surface area (Å²) in [4.78, 5) is 4.11. The van der Waals surface area contributed by atoms with E-state index in [1.165, 1.54) is 0 Å². The summed E-state index contributed by atoms with van der Waals surface area (Å²) in [6.07, 6.45) is 1.08. The predicted molar refractivity (Wildman–Crippen MR) is 60.8 cm³/mol. The van der Waals surface area contributed by atoms with E-state index in [1.807, 2.05) is 6.07 Å². The second kappa shape index (κ2) is 4.81. The lowest BCUT2D eigenvalue weighted by atomic mass is 10.1. The molecule has 0 saturated carbocycles. The number of pyridine rings is 1. The molecule has 1 aliphatic heterocycles. The smallest absolute Gasteiger partial charge is 0.165 e. The summed E-state index contributed by atoms with van der Waals surface area (Å²) >= 11 is 0. The molecule has 84 valence electrons. The van der Waals surface area contributed by atoms with E-state index in [2.05, 4.69) is 10.3 Å². The summed E-state index contributed by atoms with van der Waals surface area (Å²) in [7, 11) is 0. The Morgan fingerprint density at radius 2 is 2.50 bits per heavy atom. The van der Waals surface area contributed by atoms with Crippen LogP contribution in [0.4, 0.5) is 11.5 Å². The zero-order valence-corrected chi connectivity index (χ0v) is 8.94. The van der Waals surface area contributed by atoms with Crippen molar-refractivity contribution in [3.05, 3.63) is 17.8 Å². The van der Waals surface area contributed by atoms with E-state index >= 15 is 0 Å². The van der Waals surface area contributed by atoms with Crippen LogP contribution in [0.3, 0.4) is 0 Å². The number of nitrogens with one attached hydrogen (secondary N) is 1. The van der Waals surface area contributed by atoms with E-state index in [0.717, 1.165) is 26.2 Å². The topological polar surface area (TPSA) is 84.0 Å². The van der Waals surface area contributed by atoms with Crippen LogP contribution in [0.1, 0.15) is 12.1 Å². The van der Waals surface area contributed by atoms with Crippen molar-refractivity contribution >= 4 is 11.5 Å². The Labute approximate surface area is 94.2 Å². The standard InChI is InChI=1S/C11H14N4O/c12-5-10-9(13)1-2-11(15-10)14-6-8-3-4-16-7-8/h1-2,8H,3-4,6-7,13H2,(H,14,15). The Kier molecular flexibility index (Phi) is 3.22. The van der Waals surface area contributed by atoms with Gasteiger partial charge in [-0.3, -0.25) is 0 Å². The average molecular weight is 218 g/mol. The van der Waals surface area contributed by atoms with Crippen LogP contribution < -0.4 is 11.1 Å². The van der Waals surface area contributed by atoms with Crippen molar-refractivity contribution in [1.29, 1.82) is 5.26 Å². The van der Waals surface area contributed by atoms with Crippen LogP contribution in [0.5, 0.6) is 0 Å². The van der Waals surface area contributed by atoms with E-state index < -0.39 is 0 Å². The molecular weight excluding hydrogens is 204 g/mol. The fraction of sp³-hybridized carbons (Fsp3) is 0.455. The SMILES string of the molecule is N#Cc1nc(NCC2CCOC2)ccc1N. The lowest BCUT2D eigenvalue weighted by Gasteiger charge is -2.10. The molecule has 5 nitrogen and oxygen atoms in total. The number of rotatable bonds is 3. The molecule has 0 aromatic carbocycles. The van der Waals surface area contributed by atoms with E-state index in [1.54, 1.807) is 12.1 Å². The van der Waals surface area contributed by atoms with E-state index in [4.69, 9.17) is 15.7 Å². The Morgan fingerprint density at radius 1 is 1.62 bits per heavy atom. The summed E-state index contributed by atoms with van der Waals surface area (Å²) in [5.74, 6) is 1.22. The number of hydrogen-bond acceptors (Lipinski definition) is 5. The molecule has 1 fully saturated rings. The Bertz CT molecular complexity index is 407. The van der Waals surface area contributed by atoms with Gasteiger partial charge in [0.2, 0.25) is 0 Å². The number of ether oxygens (including phenoxy) is 1. The molecule has 1 aromatic rings. The van der Waals surface area contributed by atoms with Crippen LogP contribution in [0, 0.1) is 17.2 Å². The molecule has 1 unspecified atom stereocenters. The molecule has 1 saturated heterocycles. The zero-order valence-electron chi connectivity index (χ0n) is 8.94. The van der Waals surface area contributed by atoms with Crippen LogP contribution in [-0.2, 0) is 4.74 Å². The second-order valence-corrected chi connectivity index (χ2v) is 3.86. The van der Waals surface area contributed by atoms with Crippen LogP contribution >= 0.6 is 0 Å². The minimum Gasteiger partial charge on any atom is -0.396 e. The summed E-state index contributed by atoms with van der Waals surface area (Å²) in [5.41, 5.74) is 6.27. The molecule has 1 aromatic heterocycles. The van der Waals surface area contributed by atoms with Crippen molar-refractivity contribution < 1.29 is 4.74 Å². The number of hydrogen-bond donors (Lipinski definition) is 2. The number of aromatic nitrogens is 1. The quantitative estimate of drug-likeness (QED) is 0.790. The largest absolute Gasteiger partial charge is 0.396 e. The van der Waals surface area contributed by atoms with Crippen LogP contribution in [-0.4, -0.2) is 24.7 Å². The van der Waals surface area contributed by atoms with E-state index in [0.29, 0.717) is 17.4 Å². The van der Waals surface area contributed by atoms with Crippen LogP contribution in [0.25, 0.3) is 0 Å². The Hall–Kier alpha value is -1.80. The average Bonchev–Trinajstić information content (AvgIpc) is 2.81. The second-order valence-electron chi connectivity index (χ2n) is 3.86. The molecule has 0 bridgehead atoms. The van der Waals surface area contributed by atoms with Crippen molar-refractivity contribution in [1.82, 2.24) is 4.98 Å². The first-order valence-corrected chi connectivity index (χ1v) is 5.28. The van der Waals surface area contributed by atoms with Gasteiger partial charge < -0.3 is 15.8 Å². The van der Waals surface area contributed by atoms with Crippen LogP contribution in [0.2, 0.25) is 0 Å². The van der Waals surface area contributed by atoms with Gasteiger partial charge in [-0.2, -0.15) is 5.26 Å². The van der Waals surface area contributed by atoms with Gasteiger partial charge in [0.1, 0.15) is 11.9 Å². The highest BCUT2D eigenvalue weighted by Crippen LogP contribution is 2.15. The molecule has 0 radical (unpaired) electrons. The van der Waals surface area contributed by atoms with Gasteiger partial charge in [-0.05, 0) is 18.6 Å². The molecule has 0 aliphatic carbocycles. The van der Waals surface area contributed by atoms with Crippen molar-refractivity contribution in [3.8, 4) is 6.07 Å². The monoisotopic (exact) mass is 218 g/mol. The summed E-state index contributed by atoms with van der Waals surface area (Å²) in [6.45, 7) is 2.46. The van der Waals surface area contributed by atoms with Crippen molar-refractivity contribution in [3.63, 3.8) is 0 Å². The fourth-order valence-electron chi connectivity index (χ4n) is 1.65. The zero-order chi connectivity index (χ0) is 11.4. The first-order valence-electron chi connectivity index (χ1n) is 5.28. The first-order chi connectivity index (χ1) is 7.79. The van der Waals surface area contributed by atoms with E-state index in [-0.39, 0.29) is 5.69 Å². The van der Waals surface area contributed by atoms with Gasteiger partial charge in [0.15, 0.2) is 5.69 Å². The first kappa shape index (κ1) is 10.7. The molecule has 1 atom stereocenters. The number of nitriles is 1. The third kappa shape index (κ3) is 2.41. The highest BCUT2D eigenvalue weighted by atomic mass is 16.5. The molecule has 5 heteroatoms. The normalized spacial score (nSPS) is 19.3.